The molecule has 0 bridgehead atoms. The quantitative estimate of drug-likeness (QED) is 0.850. The summed E-state index contributed by atoms with van der Waals surface area (Å²) in [4.78, 5) is 0. The average molecular weight is 228 g/mol. The highest BCUT2D eigenvalue weighted by atomic mass is 15.3. The molecule has 1 unspecified atom stereocenters. The minimum atomic E-state index is 0.0486. The Morgan fingerprint density at radius 2 is 2.06 bits per heavy atom. The van der Waals surface area contributed by atoms with Crippen LogP contribution in [0.3, 0.4) is 0 Å². The third kappa shape index (κ3) is 1.96. The molecule has 0 fully saturated rings. The predicted octanol–water partition coefficient (Wildman–Crippen LogP) is 1.66. The number of rotatable bonds is 2. The van der Waals surface area contributed by atoms with Gasteiger partial charge in [-0.05, 0) is 18.4 Å². The molecule has 1 aromatic heterocycles. The molecule has 1 aliphatic heterocycles. The maximum Gasteiger partial charge on any atom is 0.138 e. The maximum absolute atomic E-state index is 6.13. The van der Waals surface area contributed by atoms with Gasteiger partial charge in [0.25, 0.3) is 0 Å². The van der Waals surface area contributed by atoms with Crippen molar-refractivity contribution < 1.29 is 0 Å². The first-order chi connectivity index (χ1) is 8.34. The number of benzene rings is 1. The Morgan fingerprint density at radius 3 is 2.88 bits per heavy atom. The first kappa shape index (κ1) is 10.5. The van der Waals surface area contributed by atoms with Crippen molar-refractivity contribution in [2.24, 2.45) is 5.73 Å². The fourth-order valence-corrected chi connectivity index (χ4v) is 2.41. The molecule has 4 heteroatoms. The zero-order valence-corrected chi connectivity index (χ0v) is 9.71. The molecular formula is C13H16N4. The second kappa shape index (κ2) is 4.30. The van der Waals surface area contributed by atoms with Crippen molar-refractivity contribution in [1.82, 2.24) is 14.8 Å². The van der Waals surface area contributed by atoms with Gasteiger partial charge >= 0.3 is 0 Å². The minimum Gasteiger partial charge on any atom is -0.311 e. The van der Waals surface area contributed by atoms with Crippen molar-refractivity contribution in [3.8, 4) is 0 Å². The molecule has 1 atom stereocenters. The lowest BCUT2D eigenvalue weighted by molar-refractivity contribution is 0.399. The Balaban J connectivity index is 1.92. The molecule has 0 radical (unpaired) electrons. The van der Waals surface area contributed by atoms with Crippen molar-refractivity contribution in [1.29, 1.82) is 0 Å². The molecule has 0 saturated heterocycles. The average Bonchev–Trinajstić information content (AvgIpc) is 2.75. The molecule has 0 aliphatic carbocycles. The molecule has 0 spiro atoms. The Morgan fingerprint density at radius 1 is 1.24 bits per heavy atom. The number of aryl methyl sites for hydroxylation is 1. The molecule has 3 rings (SSSR count). The van der Waals surface area contributed by atoms with Crippen molar-refractivity contribution in [3.63, 3.8) is 0 Å². The van der Waals surface area contributed by atoms with E-state index in [-0.39, 0.29) is 6.17 Å². The van der Waals surface area contributed by atoms with Crippen LogP contribution in [-0.2, 0) is 12.8 Å². The number of nitrogens with two attached hydrogens (primary N) is 1. The summed E-state index contributed by atoms with van der Waals surface area (Å²) in [7, 11) is 0. The zero-order valence-electron chi connectivity index (χ0n) is 9.71. The molecule has 0 amide bonds. The summed E-state index contributed by atoms with van der Waals surface area (Å²) in [5.41, 5.74) is 7.38. The summed E-state index contributed by atoms with van der Waals surface area (Å²) in [5, 5.41) is 8.51. The van der Waals surface area contributed by atoms with Gasteiger partial charge in [0, 0.05) is 12.8 Å². The van der Waals surface area contributed by atoms with Gasteiger partial charge in [-0.2, -0.15) is 0 Å². The van der Waals surface area contributed by atoms with E-state index >= 15 is 0 Å². The number of hydrogen-bond acceptors (Lipinski definition) is 3. The molecule has 2 aromatic rings. The van der Waals surface area contributed by atoms with Crippen LogP contribution >= 0.6 is 0 Å². The van der Waals surface area contributed by atoms with Crippen molar-refractivity contribution in [2.75, 3.05) is 0 Å². The van der Waals surface area contributed by atoms with Gasteiger partial charge in [0.15, 0.2) is 0 Å². The Hall–Kier alpha value is -1.68. The lowest BCUT2D eigenvalue weighted by Gasteiger charge is -2.22. The van der Waals surface area contributed by atoms with E-state index < -0.39 is 0 Å². The van der Waals surface area contributed by atoms with Crippen LogP contribution in [0.25, 0.3) is 0 Å². The van der Waals surface area contributed by atoms with Crippen molar-refractivity contribution in [2.45, 2.75) is 31.8 Å². The van der Waals surface area contributed by atoms with E-state index in [1.54, 1.807) is 0 Å². The summed E-state index contributed by atoms with van der Waals surface area (Å²) in [6, 6.07) is 10.3. The van der Waals surface area contributed by atoms with Crippen LogP contribution in [0.4, 0.5) is 0 Å². The van der Waals surface area contributed by atoms with Crippen LogP contribution in [0.2, 0.25) is 0 Å². The number of hydrogen-bond donors (Lipinski definition) is 1. The van der Waals surface area contributed by atoms with Crippen LogP contribution in [-0.4, -0.2) is 14.8 Å². The molecular weight excluding hydrogens is 212 g/mol. The van der Waals surface area contributed by atoms with Gasteiger partial charge in [-0.25, -0.2) is 0 Å². The zero-order chi connectivity index (χ0) is 11.7. The largest absolute Gasteiger partial charge is 0.311 e. The molecule has 88 valence electrons. The van der Waals surface area contributed by atoms with Crippen molar-refractivity contribution in [3.05, 3.63) is 47.5 Å². The highest BCUT2D eigenvalue weighted by Crippen LogP contribution is 2.22. The number of nitrogens with zero attached hydrogens (tertiary/aromatic N) is 3. The predicted molar refractivity (Wildman–Crippen MR) is 65.4 cm³/mol. The van der Waals surface area contributed by atoms with Crippen LogP contribution in [0.15, 0.2) is 30.3 Å². The fraction of sp³-hybridized carbons (Fsp3) is 0.385. The summed E-state index contributed by atoms with van der Waals surface area (Å²) >= 11 is 0. The second-order valence-electron chi connectivity index (χ2n) is 4.52. The van der Waals surface area contributed by atoms with E-state index in [1.807, 2.05) is 18.2 Å². The van der Waals surface area contributed by atoms with E-state index in [0.29, 0.717) is 0 Å². The van der Waals surface area contributed by atoms with Crippen LogP contribution in [0.1, 0.15) is 36.2 Å². The van der Waals surface area contributed by atoms with E-state index in [0.717, 1.165) is 37.3 Å². The monoisotopic (exact) mass is 228 g/mol. The smallest absolute Gasteiger partial charge is 0.138 e. The first-order valence-electron chi connectivity index (χ1n) is 6.07. The summed E-state index contributed by atoms with van der Waals surface area (Å²) in [6.45, 7) is 0. The van der Waals surface area contributed by atoms with Crippen molar-refractivity contribution >= 4 is 0 Å². The number of fused-ring (bicyclic) bond motifs is 1. The standard InChI is InChI=1S/C13H16N4/c14-11-7-4-8-12-15-16-13(17(11)12)9-10-5-2-1-3-6-10/h1-3,5-6,11H,4,7-9,14H2. The van der Waals surface area contributed by atoms with Crippen LogP contribution < -0.4 is 5.73 Å². The molecule has 1 aromatic carbocycles. The normalized spacial score (nSPS) is 19.0. The Kier molecular flexibility index (Phi) is 2.65. The lowest BCUT2D eigenvalue weighted by Crippen LogP contribution is -2.26. The molecule has 2 N–H and O–H groups in total. The SMILES string of the molecule is NC1CCCc2nnc(Cc3ccccc3)n21. The molecule has 4 nitrogen and oxygen atoms in total. The van der Waals surface area contributed by atoms with Crippen LogP contribution in [0, 0.1) is 0 Å². The minimum absolute atomic E-state index is 0.0486. The van der Waals surface area contributed by atoms with E-state index in [2.05, 4.69) is 26.9 Å². The maximum atomic E-state index is 6.13. The van der Waals surface area contributed by atoms with Gasteiger partial charge in [-0.3, -0.25) is 4.57 Å². The molecule has 2 heterocycles. The summed E-state index contributed by atoms with van der Waals surface area (Å²) in [5.74, 6) is 2.02. The Labute approximate surface area is 100 Å². The van der Waals surface area contributed by atoms with E-state index in [1.165, 1.54) is 5.56 Å². The van der Waals surface area contributed by atoms with Crippen LogP contribution in [0.5, 0.6) is 0 Å². The third-order valence-corrected chi connectivity index (χ3v) is 3.27. The molecule has 17 heavy (non-hydrogen) atoms. The Bertz CT molecular complexity index is 503. The highest BCUT2D eigenvalue weighted by Gasteiger charge is 2.21. The lowest BCUT2D eigenvalue weighted by atomic mass is 10.1. The molecule has 0 saturated carbocycles. The first-order valence-corrected chi connectivity index (χ1v) is 6.07. The van der Waals surface area contributed by atoms with Gasteiger partial charge in [-0.15, -0.1) is 10.2 Å². The summed E-state index contributed by atoms with van der Waals surface area (Å²) in [6.07, 6.45) is 3.99. The summed E-state index contributed by atoms with van der Waals surface area (Å²) < 4.78 is 2.11. The van der Waals surface area contributed by atoms with Gasteiger partial charge in [-0.1, -0.05) is 30.3 Å². The topological polar surface area (TPSA) is 56.7 Å². The highest BCUT2D eigenvalue weighted by molar-refractivity contribution is 5.19. The second-order valence-corrected chi connectivity index (χ2v) is 4.52. The van der Waals surface area contributed by atoms with Gasteiger partial charge in [0.05, 0.1) is 6.17 Å². The van der Waals surface area contributed by atoms with Gasteiger partial charge in [0.2, 0.25) is 0 Å². The van der Waals surface area contributed by atoms with E-state index in [9.17, 15) is 0 Å². The fourth-order valence-electron chi connectivity index (χ4n) is 2.41. The third-order valence-electron chi connectivity index (χ3n) is 3.27. The van der Waals surface area contributed by atoms with Gasteiger partial charge in [0.1, 0.15) is 11.6 Å². The molecule has 1 aliphatic rings. The van der Waals surface area contributed by atoms with E-state index in [4.69, 9.17) is 5.73 Å². The number of aromatic nitrogens is 3. The van der Waals surface area contributed by atoms with Gasteiger partial charge < -0.3 is 5.73 Å².